The number of primary amides is 2. The van der Waals surface area contributed by atoms with Crippen LogP contribution in [0, 0.1) is 11.8 Å². The van der Waals surface area contributed by atoms with Crippen LogP contribution in [-0.4, -0.2) is 155 Å². The smallest absolute Gasteiger partial charge is 0.245 e. The van der Waals surface area contributed by atoms with Crippen LogP contribution in [0.1, 0.15) is 113 Å². The summed E-state index contributed by atoms with van der Waals surface area (Å²) in [6.45, 7) is 12.0. The molecule has 26 nitrogen and oxygen atoms in total. The maximum absolute atomic E-state index is 14.2. The van der Waals surface area contributed by atoms with E-state index in [2.05, 4.69) is 47.5 Å². The largest absolute Gasteiger partial charge is 0.391 e. The number of likely N-dealkylation sites (tertiary alicyclic amines) is 1. The molecule has 390 valence electrons. The van der Waals surface area contributed by atoms with Gasteiger partial charge in [-0.15, -0.1) is 0 Å². The van der Waals surface area contributed by atoms with Gasteiger partial charge in [0, 0.05) is 20.0 Å². The Morgan fingerprint density at radius 3 is 1.68 bits per heavy atom. The van der Waals surface area contributed by atoms with Crippen molar-refractivity contribution in [2.75, 3.05) is 19.6 Å². The summed E-state index contributed by atoms with van der Waals surface area (Å²) >= 11 is 0. The number of hydrogen-bond donors (Lipinski definition) is 13. The molecule has 1 saturated heterocycles. The second-order valence-corrected chi connectivity index (χ2v) is 17.4. The summed E-state index contributed by atoms with van der Waals surface area (Å²) in [4.78, 5) is 149. The zero-order valence-corrected chi connectivity index (χ0v) is 41.0. The van der Waals surface area contributed by atoms with Crippen LogP contribution in [-0.2, 0) is 52.7 Å². The Kier molecular flexibility index (Phi) is 26.3. The number of nitrogens with one attached hydrogen (secondary N) is 8. The van der Waals surface area contributed by atoms with Crippen LogP contribution >= 0.6 is 0 Å². The molecule has 0 aromatic rings. The molecule has 26 heteroatoms. The first-order chi connectivity index (χ1) is 32.3. The summed E-state index contributed by atoms with van der Waals surface area (Å²) in [7, 11) is 0. The third-order valence-corrected chi connectivity index (χ3v) is 11.6. The lowest BCUT2D eigenvalue weighted by Gasteiger charge is -2.32. The first-order valence-electron chi connectivity index (χ1n) is 23.3. The van der Waals surface area contributed by atoms with E-state index >= 15 is 0 Å². The number of rotatable bonds is 30. The van der Waals surface area contributed by atoms with Gasteiger partial charge in [0.2, 0.25) is 65.0 Å². The average molecular weight is 981 g/mol. The van der Waals surface area contributed by atoms with E-state index in [1.165, 1.54) is 25.7 Å². The van der Waals surface area contributed by atoms with E-state index < -0.39 is 144 Å². The van der Waals surface area contributed by atoms with Gasteiger partial charge >= 0.3 is 0 Å². The fourth-order valence-electron chi connectivity index (χ4n) is 7.15. The molecule has 69 heavy (non-hydrogen) atoms. The summed E-state index contributed by atoms with van der Waals surface area (Å²) < 4.78 is 0. The number of nitrogens with two attached hydrogens (primary N) is 4. The van der Waals surface area contributed by atoms with Gasteiger partial charge in [0.25, 0.3) is 0 Å². The molecule has 0 bridgehead atoms. The first-order valence-corrected chi connectivity index (χ1v) is 23.3. The number of guanidine groups is 1. The molecule has 0 radical (unpaired) electrons. The van der Waals surface area contributed by atoms with E-state index in [1.54, 1.807) is 34.6 Å². The van der Waals surface area contributed by atoms with Gasteiger partial charge in [0.1, 0.15) is 48.3 Å². The van der Waals surface area contributed by atoms with Crippen LogP contribution in [0.2, 0.25) is 0 Å². The topological polar surface area (TPSA) is 424 Å². The van der Waals surface area contributed by atoms with Crippen LogP contribution in [0.25, 0.3) is 0 Å². The van der Waals surface area contributed by atoms with Gasteiger partial charge in [0.15, 0.2) is 5.96 Å². The third kappa shape index (κ3) is 20.7. The Balaban J connectivity index is 3.39. The minimum absolute atomic E-state index is 0.0258. The lowest BCUT2D eigenvalue weighted by molar-refractivity contribution is -0.142. The standard InChI is InChI=1S/C43H76N14O12/c1-9-14-26(52-41(68)34(24(7)58)56-40(67)33(22(5)11-3)55-37(64)28(19-30(44)60)51-31(61)20-49-25(8)59)36(63)54-32(21(4)10-2)39(66)53-27(15-12-17-48-43(46)47)42(69)57-18-13-16-29(57)38(65)50-23(6)35(45)62/h21-24,26-29,32-34,58H,9-20H2,1-8H3,(H2,44,60)(H2,45,62)(H,49,59)(H,50,65)(H,51,61)(H,52,68)(H,53,66)(H,54,63)(H,55,64)(H,56,67)(H4,46,47,48)/t21-,22-,23+,24+,26-,27-,28-,29-,32-,33+,34-/m0/s1. The molecule has 0 aromatic heterocycles. The van der Waals surface area contributed by atoms with Crippen LogP contribution < -0.4 is 65.5 Å². The molecular weight excluding hydrogens is 905 g/mol. The molecule has 0 saturated carbocycles. The summed E-state index contributed by atoms with van der Waals surface area (Å²) in [5, 5.41) is 30.7. The lowest BCUT2D eigenvalue weighted by Crippen LogP contribution is -2.63. The summed E-state index contributed by atoms with van der Waals surface area (Å²) in [6.07, 6.45) is -0.176. The minimum Gasteiger partial charge on any atom is -0.391 e. The summed E-state index contributed by atoms with van der Waals surface area (Å²) in [5.74, 6) is -10.1. The van der Waals surface area contributed by atoms with Crippen LogP contribution in [0.5, 0.6) is 0 Å². The summed E-state index contributed by atoms with van der Waals surface area (Å²) in [6, 6.07) is -10.4. The molecular formula is C43H76N14O12. The van der Waals surface area contributed by atoms with Crippen molar-refractivity contribution in [3.05, 3.63) is 0 Å². The van der Waals surface area contributed by atoms with Gasteiger partial charge < -0.3 is 75.5 Å². The third-order valence-electron chi connectivity index (χ3n) is 11.6. The van der Waals surface area contributed by atoms with Crippen molar-refractivity contribution in [3.63, 3.8) is 0 Å². The minimum atomic E-state index is -1.69. The highest BCUT2D eigenvalue weighted by molar-refractivity contribution is 5.99. The Bertz CT molecular complexity index is 1860. The van der Waals surface area contributed by atoms with Gasteiger partial charge in [-0.2, -0.15) is 0 Å². The molecule has 11 amide bonds. The van der Waals surface area contributed by atoms with Crippen LogP contribution in [0.3, 0.4) is 0 Å². The van der Waals surface area contributed by atoms with E-state index in [-0.39, 0.29) is 44.7 Å². The number of aliphatic imine (C=N–C) groups is 1. The van der Waals surface area contributed by atoms with Gasteiger partial charge in [-0.25, -0.2) is 0 Å². The highest BCUT2D eigenvalue weighted by Crippen LogP contribution is 2.21. The first kappa shape index (κ1) is 60.4. The highest BCUT2D eigenvalue weighted by Gasteiger charge is 2.40. The molecule has 1 aliphatic heterocycles. The zero-order chi connectivity index (χ0) is 52.7. The van der Waals surface area contributed by atoms with Gasteiger partial charge in [-0.1, -0.05) is 53.9 Å². The average Bonchev–Trinajstić information content (AvgIpc) is 3.78. The molecule has 0 spiro atoms. The van der Waals surface area contributed by atoms with Gasteiger partial charge in [-0.3, -0.25) is 57.7 Å². The molecule has 0 unspecified atom stereocenters. The number of aliphatic hydroxyl groups excluding tert-OH is 1. The molecule has 1 aliphatic rings. The number of carbonyl (C=O) groups excluding carboxylic acids is 11. The molecule has 1 heterocycles. The van der Waals surface area contributed by atoms with Crippen molar-refractivity contribution in [2.45, 2.75) is 168 Å². The predicted octanol–water partition coefficient (Wildman–Crippen LogP) is -4.79. The molecule has 0 aliphatic carbocycles. The van der Waals surface area contributed by atoms with Crippen molar-refractivity contribution < 1.29 is 57.8 Å². The van der Waals surface area contributed by atoms with Gasteiger partial charge in [0.05, 0.1) is 19.1 Å². The van der Waals surface area contributed by atoms with E-state index in [0.717, 1.165) is 0 Å². The number of hydrogen-bond acceptors (Lipinski definition) is 13. The number of aliphatic hydroxyl groups is 1. The van der Waals surface area contributed by atoms with E-state index in [0.29, 0.717) is 25.7 Å². The second kappa shape index (κ2) is 30.0. The molecule has 1 rings (SSSR count). The Hall–Kier alpha value is -6.60. The quantitative estimate of drug-likeness (QED) is 0.0183. The van der Waals surface area contributed by atoms with E-state index in [1.807, 2.05) is 0 Å². The Morgan fingerprint density at radius 1 is 0.667 bits per heavy atom. The molecule has 17 N–H and O–H groups in total. The Morgan fingerprint density at radius 2 is 1.19 bits per heavy atom. The SMILES string of the molecule is CCC[C@H](NC(=O)[C@@H](NC(=O)[C@H](NC(=O)[C@H](CC(N)=O)NC(=O)CNC(C)=O)[C@@H](C)CC)[C@@H](C)O)C(=O)N[C@H](C(=O)N[C@@H](CCCN=C(N)N)C(=O)N1CCC[C@H]1C(=O)N[C@H](C)C(N)=O)[C@@H](C)CC. The van der Waals surface area contributed by atoms with Crippen LogP contribution in [0.15, 0.2) is 4.99 Å². The molecule has 1 fully saturated rings. The fraction of sp³-hybridized carbons (Fsp3) is 0.721. The van der Waals surface area contributed by atoms with Crippen molar-refractivity contribution >= 4 is 70.9 Å². The van der Waals surface area contributed by atoms with E-state index in [9.17, 15) is 57.8 Å². The summed E-state index contributed by atoms with van der Waals surface area (Å²) in [5.41, 5.74) is 21.6. The van der Waals surface area contributed by atoms with Crippen LogP contribution in [0.4, 0.5) is 0 Å². The van der Waals surface area contributed by atoms with E-state index in [4.69, 9.17) is 22.9 Å². The maximum Gasteiger partial charge on any atom is 0.245 e. The number of carbonyl (C=O) groups is 11. The van der Waals surface area contributed by atoms with Gasteiger partial charge in [-0.05, 0) is 57.8 Å². The second-order valence-electron chi connectivity index (χ2n) is 17.4. The zero-order valence-electron chi connectivity index (χ0n) is 41.0. The number of nitrogens with zero attached hydrogens (tertiary/aromatic N) is 2. The fourth-order valence-corrected chi connectivity index (χ4v) is 7.15. The highest BCUT2D eigenvalue weighted by atomic mass is 16.3. The van der Waals surface area contributed by atoms with Crippen molar-refractivity contribution in [1.29, 1.82) is 0 Å². The Labute approximate surface area is 402 Å². The lowest BCUT2D eigenvalue weighted by atomic mass is 9.96. The predicted molar refractivity (Wildman–Crippen MR) is 251 cm³/mol. The van der Waals surface area contributed by atoms with Crippen molar-refractivity contribution in [1.82, 2.24) is 47.4 Å². The van der Waals surface area contributed by atoms with Crippen molar-refractivity contribution in [2.24, 2.45) is 39.8 Å². The molecule has 11 atom stereocenters. The monoisotopic (exact) mass is 981 g/mol. The van der Waals surface area contributed by atoms with Crippen molar-refractivity contribution in [3.8, 4) is 0 Å². The maximum atomic E-state index is 14.2. The molecule has 0 aromatic carbocycles. The normalized spacial score (nSPS) is 17.5. The number of amides is 11.